The molecule has 100 valence electrons. The summed E-state index contributed by atoms with van der Waals surface area (Å²) in [4.78, 5) is 14.5. The maximum Gasteiger partial charge on any atom is 0.301 e. The lowest BCUT2D eigenvalue weighted by Gasteiger charge is -2.22. The van der Waals surface area contributed by atoms with E-state index in [1.165, 1.54) is 30.7 Å². The van der Waals surface area contributed by atoms with Gasteiger partial charge in [-0.15, -0.1) is 12.4 Å². The molecule has 7 heteroatoms. The third-order valence-electron chi connectivity index (χ3n) is 2.78. The van der Waals surface area contributed by atoms with Crippen LogP contribution >= 0.6 is 24.2 Å². The zero-order valence-electron chi connectivity index (χ0n) is 9.87. The number of thioether (sulfide) groups is 1. The second-order valence-electron chi connectivity index (χ2n) is 4.04. The van der Waals surface area contributed by atoms with E-state index in [1.807, 2.05) is 0 Å². The molecule has 1 N–H and O–H groups in total. The summed E-state index contributed by atoms with van der Waals surface area (Å²) < 4.78 is 0. The maximum atomic E-state index is 10.8. The van der Waals surface area contributed by atoms with Gasteiger partial charge >= 0.3 is 5.69 Å². The van der Waals surface area contributed by atoms with Crippen molar-refractivity contribution < 1.29 is 4.92 Å². The van der Waals surface area contributed by atoms with Gasteiger partial charge in [0.1, 0.15) is 0 Å². The highest BCUT2D eigenvalue weighted by Gasteiger charge is 2.18. The van der Waals surface area contributed by atoms with E-state index in [0.29, 0.717) is 11.1 Å². The molecule has 0 aliphatic carbocycles. The van der Waals surface area contributed by atoms with Gasteiger partial charge in [0.2, 0.25) is 0 Å². The lowest BCUT2D eigenvalue weighted by Crippen LogP contribution is -2.35. The van der Waals surface area contributed by atoms with Crippen LogP contribution in [0.4, 0.5) is 5.69 Å². The molecule has 1 unspecified atom stereocenters. The van der Waals surface area contributed by atoms with Crippen molar-refractivity contribution in [3.63, 3.8) is 0 Å². The average molecular weight is 290 g/mol. The van der Waals surface area contributed by atoms with Gasteiger partial charge in [0.05, 0.1) is 4.92 Å². The molecule has 1 aromatic rings. The molecule has 0 amide bonds. The quantitative estimate of drug-likeness (QED) is 0.524. The molecular formula is C11H16ClN3O2S. The van der Waals surface area contributed by atoms with E-state index in [9.17, 15) is 10.1 Å². The Kier molecular flexibility index (Phi) is 6.38. The van der Waals surface area contributed by atoms with E-state index in [-0.39, 0.29) is 23.0 Å². The van der Waals surface area contributed by atoms with Crippen LogP contribution in [-0.4, -0.2) is 28.2 Å². The molecular weight excluding hydrogens is 274 g/mol. The molecule has 0 radical (unpaired) electrons. The van der Waals surface area contributed by atoms with Crippen molar-refractivity contribution in [2.24, 2.45) is 0 Å². The van der Waals surface area contributed by atoms with Gasteiger partial charge in [-0.3, -0.25) is 10.1 Å². The third kappa shape index (κ3) is 4.12. The molecule has 0 saturated carbocycles. The standard InChI is InChI=1S/C11H15N3O2S.ClH/c15-14(16)10-5-3-7-13-11(10)17-8-9-4-1-2-6-12-9;/h3,5,7,9,12H,1-2,4,6,8H2;1H. The fraction of sp³-hybridized carbons (Fsp3) is 0.545. The summed E-state index contributed by atoms with van der Waals surface area (Å²) in [5.74, 6) is 0.845. The number of nitrogens with one attached hydrogen (secondary N) is 1. The predicted octanol–water partition coefficient (Wildman–Crippen LogP) is 2.65. The second kappa shape index (κ2) is 7.56. The molecule has 1 aromatic heterocycles. The number of hydrogen-bond donors (Lipinski definition) is 1. The number of rotatable bonds is 4. The fourth-order valence-corrected chi connectivity index (χ4v) is 2.95. The molecule has 5 nitrogen and oxygen atoms in total. The molecule has 1 fully saturated rings. The van der Waals surface area contributed by atoms with Crippen molar-refractivity contribution in [2.75, 3.05) is 12.3 Å². The summed E-state index contributed by atoms with van der Waals surface area (Å²) in [6.45, 7) is 1.05. The van der Waals surface area contributed by atoms with Crippen molar-refractivity contribution >= 4 is 29.9 Å². The van der Waals surface area contributed by atoms with Crippen LogP contribution in [0.1, 0.15) is 19.3 Å². The monoisotopic (exact) mass is 289 g/mol. The topological polar surface area (TPSA) is 68.1 Å². The lowest BCUT2D eigenvalue weighted by atomic mass is 10.1. The minimum Gasteiger partial charge on any atom is -0.313 e. The summed E-state index contributed by atoms with van der Waals surface area (Å²) in [7, 11) is 0. The van der Waals surface area contributed by atoms with Crippen LogP contribution in [-0.2, 0) is 0 Å². The molecule has 0 aromatic carbocycles. The molecule has 18 heavy (non-hydrogen) atoms. The molecule has 1 aliphatic heterocycles. The molecule has 1 atom stereocenters. The minimum absolute atomic E-state index is 0. The summed E-state index contributed by atoms with van der Waals surface area (Å²) >= 11 is 1.47. The van der Waals surface area contributed by atoms with Gasteiger partial charge in [-0.05, 0) is 25.5 Å². The van der Waals surface area contributed by atoms with E-state index in [0.717, 1.165) is 18.7 Å². The van der Waals surface area contributed by atoms with Crippen LogP contribution in [0.25, 0.3) is 0 Å². The third-order valence-corrected chi connectivity index (χ3v) is 3.94. The van der Waals surface area contributed by atoms with E-state index in [4.69, 9.17) is 0 Å². The van der Waals surface area contributed by atoms with Gasteiger partial charge in [0, 0.05) is 24.1 Å². The number of aromatic nitrogens is 1. The normalized spacial score (nSPS) is 19.0. The zero-order valence-corrected chi connectivity index (χ0v) is 11.5. The number of pyridine rings is 1. The second-order valence-corrected chi connectivity index (χ2v) is 5.05. The van der Waals surface area contributed by atoms with Crippen molar-refractivity contribution in [1.29, 1.82) is 0 Å². The number of hydrogen-bond acceptors (Lipinski definition) is 5. The predicted molar refractivity (Wildman–Crippen MR) is 74.5 cm³/mol. The van der Waals surface area contributed by atoms with Crippen molar-refractivity contribution in [1.82, 2.24) is 10.3 Å². The number of nitrogens with zero attached hydrogens (tertiary/aromatic N) is 2. The zero-order chi connectivity index (χ0) is 12.1. The number of halogens is 1. The first-order valence-electron chi connectivity index (χ1n) is 5.73. The Hall–Kier alpha value is -0.850. The minimum atomic E-state index is -0.371. The van der Waals surface area contributed by atoms with E-state index in [2.05, 4.69) is 10.3 Å². The Bertz CT molecular complexity index is 400. The van der Waals surface area contributed by atoms with Crippen molar-refractivity contribution in [3.8, 4) is 0 Å². The summed E-state index contributed by atoms with van der Waals surface area (Å²) in [5, 5.41) is 14.7. The Labute approximate surface area is 116 Å². The number of piperidine rings is 1. The van der Waals surface area contributed by atoms with Crippen LogP contribution in [0.2, 0.25) is 0 Å². The average Bonchev–Trinajstić information content (AvgIpc) is 2.38. The first kappa shape index (κ1) is 15.2. The first-order chi connectivity index (χ1) is 8.27. The van der Waals surface area contributed by atoms with Gasteiger partial charge in [-0.1, -0.05) is 18.2 Å². The van der Waals surface area contributed by atoms with Crippen LogP contribution in [0.5, 0.6) is 0 Å². The molecule has 2 heterocycles. The molecule has 0 bridgehead atoms. The van der Waals surface area contributed by atoms with Crippen LogP contribution < -0.4 is 5.32 Å². The fourth-order valence-electron chi connectivity index (χ4n) is 1.88. The Morgan fingerprint density at radius 2 is 2.39 bits per heavy atom. The van der Waals surface area contributed by atoms with Crippen LogP contribution in [0, 0.1) is 10.1 Å². The summed E-state index contributed by atoms with van der Waals surface area (Å²) in [6.07, 6.45) is 5.21. The van der Waals surface area contributed by atoms with E-state index in [1.54, 1.807) is 12.3 Å². The first-order valence-corrected chi connectivity index (χ1v) is 6.71. The van der Waals surface area contributed by atoms with Gasteiger partial charge in [0.25, 0.3) is 0 Å². The van der Waals surface area contributed by atoms with Gasteiger partial charge < -0.3 is 5.32 Å². The summed E-state index contributed by atoms with van der Waals surface area (Å²) in [5.41, 5.74) is 0.105. The van der Waals surface area contributed by atoms with E-state index >= 15 is 0 Å². The Balaban J connectivity index is 0.00000162. The highest BCUT2D eigenvalue weighted by Crippen LogP contribution is 2.27. The smallest absolute Gasteiger partial charge is 0.301 e. The van der Waals surface area contributed by atoms with Crippen molar-refractivity contribution in [2.45, 2.75) is 30.3 Å². The molecule has 1 aliphatic rings. The number of nitro groups is 1. The van der Waals surface area contributed by atoms with Gasteiger partial charge in [-0.2, -0.15) is 0 Å². The Morgan fingerprint density at radius 3 is 3.06 bits per heavy atom. The highest BCUT2D eigenvalue weighted by molar-refractivity contribution is 7.99. The van der Waals surface area contributed by atoms with Gasteiger partial charge in [-0.25, -0.2) is 4.98 Å². The Morgan fingerprint density at radius 1 is 1.56 bits per heavy atom. The molecule has 0 spiro atoms. The largest absolute Gasteiger partial charge is 0.313 e. The maximum absolute atomic E-state index is 10.8. The van der Waals surface area contributed by atoms with E-state index < -0.39 is 0 Å². The SMILES string of the molecule is Cl.O=[N+]([O-])c1cccnc1SCC1CCCCN1. The van der Waals surface area contributed by atoms with Gasteiger partial charge in [0.15, 0.2) is 5.03 Å². The van der Waals surface area contributed by atoms with Crippen LogP contribution in [0.15, 0.2) is 23.4 Å². The van der Waals surface area contributed by atoms with Crippen LogP contribution in [0.3, 0.4) is 0 Å². The lowest BCUT2D eigenvalue weighted by molar-refractivity contribution is -0.388. The summed E-state index contributed by atoms with van der Waals surface area (Å²) in [6, 6.07) is 3.56. The van der Waals surface area contributed by atoms with Crippen molar-refractivity contribution in [3.05, 3.63) is 28.4 Å². The molecule has 2 rings (SSSR count). The molecule has 1 saturated heterocycles. The highest BCUT2D eigenvalue weighted by atomic mass is 35.5.